The number of fused-ring (bicyclic) bond motifs is 5. The van der Waals surface area contributed by atoms with Crippen molar-refractivity contribution in [1.82, 2.24) is 4.98 Å². The van der Waals surface area contributed by atoms with Gasteiger partial charge in [-0.3, -0.25) is 4.98 Å². The lowest BCUT2D eigenvalue weighted by Crippen LogP contribution is -2.03. The third kappa shape index (κ3) is 1.98. The highest BCUT2D eigenvalue weighted by atomic mass is 16.3. The molecule has 2 heterocycles. The molecule has 2 aliphatic rings. The summed E-state index contributed by atoms with van der Waals surface area (Å²) in [5, 5.41) is 5.09. The van der Waals surface area contributed by atoms with Crippen LogP contribution < -0.4 is 0 Å². The molecule has 2 aliphatic carbocycles. The van der Waals surface area contributed by atoms with Gasteiger partial charge in [-0.25, -0.2) is 0 Å². The van der Waals surface area contributed by atoms with Gasteiger partial charge in [0.15, 0.2) is 0 Å². The van der Waals surface area contributed by atoms with Crippen LogP contribution in [-0.4, -0.2) is 4.98 Å². The summed E-state index contributed by atoms with van der Waals surface area (Å²) < 4.78 is 6.46. The van der Waals surface area contributed by atoms with E-state index >= 15 is 0 Å². The Labute approximate surface area is 167 Å². The molecule has 136 valence electrons. The molecule has 2 nitrogen and oxygen atoms in total. The number of hydrogen-bond acceptors (Lipinski definition) is 2. The van der Waals surface area contributed by atoms with Crippen LogP contribution in [0.4, 0.5) is 0 Å². The minimum atomic E-state index is 0.934. The normalized spacial score (nSPS) is 14.7. The molecule has 7 rings (SSSR count). The number of benzene rings is 3. The van der Waals surface area contributed by atoms with Crippen LogP contribution in [0.15, 0.2) is 77.4 Å². The van der Waals surface area contributed by atoms with Crippen molar-refractivity contribution in [2.24, 2.45) is 0 Å². The van der Waals surface area contributed by atoms with E-state index in [0.717, 1.165) is 40.7 Å². The van der Waals surface area contributed by atoms with Gasteiger partial charge in [0.05, 0.1) is 5.69 Å². The molecule has 0 N–H and O–H groups in total. The zero-order chi connectivity index (χ0) is 18.9. The molecule has 3 aromatic carbocycles. The van der Waals surface area contributed by atoms with Crippen LogP contribution in [0.5, 0.6) is 0 Å². The summed E-state index contributed by atoms with van der Waals surface area (Å²) >= 11 is 0. The van der Waals surface area contributed by atoms with Crippen LogP contribution in [0.25, 0.3) is 55.6 Å². The maximum absolute atomic E-state index is 6.46. The van der Waals surface area contributed by atoms with Gasteiger partial charge in [0, 0.05) is 28.1 Å². The second kappa shape index (κ2) is 5.45. The van der Waals surface area contributed by atoms with E-state index in [2.05, 4.69) is 65.7 Å². The zero-order valence-electron chi connectivity index (χ0n) is 15.8. The molecule has 29 heavy (non-hydrogen) atoms. The van der Waals surface area contributed by atoms with Crippen molar-refractivity contribution < 1.29 is 4.42 Å². The number of aromatic nitrogens is 1. The van der Waals surface area contributed by atoms with Gasteiger partial charge in [0.25, 0.3) is 0 Å². The fraction of sp³-hybridized carbons (Fsp3) is 0.0741. The van der Waals surface area contributed by atoms with Crippen molar-refractivity contribution in [1.29, 1.82) is 0 Å². The minimum absolute atomic E-state index is 0.934. The Hall–Kier alpha value is -3.65. The van der Waals surface area contributed by atoms with E-state index in [1.807, 2.05) is 18.3 Å². The quantitative estimate of drug-likeness (QED) is 0.312. The molecule has 0 bridgehead atoms. The lowest BCUT2D eigenvalue weighted by molar-refractivity contribution is 0.668. The van der Waals surface area contributed by atoms with Crippen LogP contribution in [0.1, 0.15) is 23.1 Å². The monoisotopic (exact) mass is 371 g/mol. The summed E-state index contributed by atoms with van der Waals surface area (Å²) in [6.45, 7) is 0. The van der Waals surface area contributed by atoms with Gasteiger partial charge >= 0.3 is 0 Å². The molecule has 0 unspecified atom stereocenters. The molecule has 0 aliphatic heterocycles. The molecular weight excluding hydrogens is 354 g/mol. The van der Waals surface area contributed by atoms with Crippen LogP contribution in [0.3, 0.4) is 0 Å². The van der Waals surface area contributed by atoms with Crippen molar-refractivity contribution in [3.63, 3.8) is 0 Å². The fourth-order valence-electron chi connectivity index (χ4n) is 5.09. The maximum atomic E-state index is 6.46. The van der Waals surface area contributed by atoms with E-state index in [0.29, 0.717) is 0 Å². The Morgan fingerprint density at radius 2 is 1.86 bits per heavy atom. The number of allylic oxidation sites excluding steroid dienone is 3. The number of pyridine rings is 1. The molecule has 2 aromatic heterocycles. The second-order valence-corrected chi connectivity index (χ2v) is 7.90. The lowest BCUT2D eigenvalue weighted by Gasteiger charge is -2.23. The van der Waals surface area contributed by atoms with Gasteiger partial charge in [-0.1, -0.05) is 42.5 Å². The molecule has 0 saturated carbocycles. The first kappa shape index (κ1) is 15.3. The van der Waals surface area contributed by atoms with Crippen molar-refractivity contribution >= 4 is 44.4 Å². The van der Waals surface area contributed by atoms with Crippen molar-refractivity contribution in [2.45, 2.75) is 12.8 Å². The van der Waals surface area contributed by atoms with E-state index in [1.165, 1.54) is 38.4 Å². The van der Waals surface area contributed by atoms with Gasteiger partial charge in [0.2, 0.25) is 0 Å². The van der Waals surface area contributed by atoms with E-state index < -0.39 is 0 Å². The lowest BCUT2D eigenvalue weighted by atomic mass is 9.80. The number of hydrogen-bond donors (Lipinski definition) is 0. The first-order chi connectivity index (χ1) is 14.4. The average molecular weight is 371 g/mol. The van der Waals surface area contributed by atoms with Gasteiger partial charge in [-0.2, -0.15) is 0 Å². The van der Waals surface area contributed by atoms with E-state index in [-0.39, 0.29) is 0 Å². The highest BCUT2D eigenvalue weighted by Crippen LogP contribution is 2.47. The Morgan fingerprint density at radius 3 is 2.79 bits per heavy atom. The smallest absolute Gasteiger partial charge is 0.143 e. The Balaban J connectivity index is 1.68. The third-order valence-electron chi connectivity index (χ3n) is 6.34. The van der Waals surface area contributed by atoms with Crippen LogP contribution in [0.2, 0.25) is 0 Å². The van der Waals surface area contributed by atoms with Gasteiger partial charge in [-0.15, -0.1) is 0 Å². The molecular formula is C27H17NO. The third-order valence-corrected chi connectivity index (χ3v) is 6.34. The second-order valence-electron chi connectivity index (χ2n) is 7.90. The first-order valence-corrected chi connectivity index (χ1v) is 10.1. The van der Waals surface area contributed by atoms with Crippen molar-refractivity contribution in [2.75, 3.05) is 0 Å². The van der Waals surface area contributed by atoms with Crippen LogP contribution in [0, 0.1) is 0 Å². The average Bonchev–Trinajstić information content (AvgIpc) is 3.18. The topological polar surface area (TPSA) is 26.0 Å². The molecule has 0 saturated heterocycles. The Morgan fingerprint density at radius 1 is 0.862 bits per heavy atom. The highest BCUT2D eigenvalue weighted by Gasteiger charge is 2.25. The predicted octanol–water partition coefficient (Wildman–Crippen LogP) is 7.16. The summed E-state index contributed by atoms with van der Waals surface area (Å²) in [6, 6.07) is 19.2. The van der Waals surface area contributed by atoms with E-state index in [9.17, 15) is 0 Å². The van der Waals surface area contributed by atoms with Crippen LogP contribution in [-0.2, 0) is 6.42 Å². The molecule has 0 amide bonds. The van der Waals surface area contributed by atoms with Gasteiger partial charge in [0.1, 0.15) is 11.2 Å². The molecule has 2 heteroatoms. The van der Waals surface area contributed by atoms with Gasteiger partial charge < -0.3 is 4.42 Å². The summed E-state index contributed by atoms with van der Waals surface area (Å²) in [5.74, 6) is 0. The van der Waals surface area contributed by atoms with Crippen LogP contribution >= 0.6 is 0 Å². The Bertz CT molecular complexity index is 1530. The highest BCUT2D eigenvalue weighted by molar-refractivity contribution is 6.25. The summed E-state index contributed by atoms with van der Waals surface area (Å²) in [5.41, 5.74) is 9.49. The molecule has 0 spiro atoms. The van der Waals surface area contributed by atoms with E-state index in [1.54, 1.807) is 0 Å². The van der Waals surface area contributed by atoms with Gasteiger partial charge in [-0.05, 0) is 70.6 Å². The number of rotatable bonds is 1. The van der Waals surface area contributed by atoms with Crippen molar-refractivity contribution in [3.8, 4) is 11.3 Å². The Kier molecular flexibility index (Phi) is 2.87. The molecule has 0 radical (unpaired) electrons. The van der Waals surface area contributed by atoms with E-state index in [4.69, 9.17) is 4.42 Å². The molecule has 0 atom stereocenters. The molecule has 5 aromatic rings. The standard InChI is InChI=1S/C27H17NO/c1-2-14-28-22(9-1)18-12-13-23-21(15-18)26-19-7-3-5-16-10-11-17-6-4-8-20(27(26)29-23)25(17)24(16)19/h1-5,7-9,11-15H,6,10H2. The zero-order valence-corrected chi connectivity index (χ0v) is 15.8. The largest absolute Gasteiger partial charge is 0.455 e. The molecule has 0 fully saturated rings. The maximum Gasteiger partial charge on any atom is 0.143 e. The summed E-state index contributed by atoms with van der Waals surface area (Å²) in [7, 11) is 0. The first-order valence-electron chi connectivity index (χ1n) is 10.1. The number of nitrogens with zero attached hydrogens (tertiary/aromatic N) is 1. The SMILES string of the molecule is C1=Cc2c3c4c(cccc4c4c2oc2ccc(-c5ccccn5)cc24)CC=C3C1. The summed E-state index contributed by atoms with van der Waals surface area (Å²) in [6.07, 6.45) is 10.8. The predicted molar refractivity (Wildman–Crippen MR) is 120 cm³/mol. The van der Waals surface area contributed by atoms with Crippen molar-refractivity contribution in [3.05, 3.63) is 89.6 Å². The summed E-state index contributed by atoms with van der Waals surface area (Å²) in [4.78, 5) is 4.54. The minimum Gasteiger partial charge on any atom is -0.455 e. The number of furan rings is 1. The fourth-order valence-corrected chi connectivity index (χ4v) is 5.09.